The molecule has 1 amide bonds. The molecule has 0 saturated heterocycles. The van der Waals surface area contributed by atoms with Gasteiger partial charge in [0, 0.05) is 24.5 Å². The van der Waals surface area contributed by atoms with Gasteiger partial charge in [0.15, 0.2) is 0 Å². The summed E-state index contributed by atoms with van der Waals surface area (Å²) in [6.45, 7) is 8.80. The highest BCUT2D eigenvalue weighted by Crippen LogP contribution is 2.05. The third-order valence-corrected chi connectivity index (χ3v) is 2.79. The zero-order valence-electron chi connectivity index (χ0n) is 11.6. The third-order valence-electron chi connectivity index (χ3n) is 2.79. The van der Waals surface area contributed by atoms with Gasteiger partial charge in [0.25, 0.3) is 0 Å². The molecule has 18 heavy (non-hydrogen) atoms. The van der Waals surface area contributed by atoms with E-state index in [0.717, 1.165) is 17.8 Å². The molecule has 0 aliphatic carbocycles. The van der Waals surface area contributed by atoms with E-state index in [1.54, 1.807) is 12.4 Å². The van der Waals surface area contributed by atoms with Crippen molar-refractivity contribution in [2.24, 2.45) is 0 Å². The van der Waals surface area contributed by atoms with Crippen LogP contribution < -0.4 is 10.6 Å². The van der Waals surface area contributed by atoms with Crippen LogP contribution in [0.25, 0.3) is 0 Å². The lowest BCUT2D eigenvalue weighted by Gasteiger charge is -2.24. The van der Waals surface area contributed by atoms with Crippen molar-refractivity contribution >= 4 is 5.91 Å². The van der Waals surface area contributed by atoms with Crippen LogP contribution in [-0.4, -0.2) is 28.0 Å². The predicted octanol–water partition coefficient (Wildman–Crippen LogP) is 1.18. The summed E-state index contributed by atoms with van der Waals surface area (Å²) in [5.41, 5.74) is 1.58. The highest BCUT2D eigenvalue weighted by Gasteiger charge is 2.17. The van der Waals surface area contributed by atoms with E-state index in [-0.39, 0.29) is 11.4 Å². The average Bonchev–Trinajstić information content (AvgIpc) is 2.31. The zero-order valence-corrected chi connectivity index (χ0v) is 11.6. The fourth-order valence-corrected chi connectivity index (χ4v) is 1.32. The zero-order chi connectivity index (χ0) is 13.6. The Morgan fingerprint density at radius 1 is 1.33 bits per heavy atom. The molecule has 0 unspecified atom stereocenters. The van der Waals surface area contributed by atoms with Crippen LogP contribution in [-0.2, 0) is 11.3 Å². The molecule has 0 spiro atoms. The lowest BCUT2D eigenvalue weighted by atomic mass is 10.0. The van der Waals surface area contributed by atoms with E-state index in [1.807, 2.05) is 20.8 Å². The molecule has 5 heteroatoms. The molecule has 0 aliphatic rings. The minimum absolute atomic E-state index is 0.00178. The molecule has 5 nitrogen and oxygen atoms in total. The maximum atomic E-state index is 11.7. The molecular weight excluding hydrogens is 228 g/mol. The summed E-state index contributed by atoms with van der Waals surface area (Å²) in [5, 5.41) is 6.02. The van der Waals surface area contributed by atoms with E-state index in [9.17, 15) is 4.79 Å². The van der Waals surface area contributed by atoms with Crippen molar-refractivity contribution in [2.75, 3.05) is 6.54 Å². The second-order valence-corrected chi connectivity index (χ2v) is 5.04. The summed E-state index contributed by atoms with van der Waals surface area (Å²) in [5.74, 6) is 0.00178. The topological polar surface area (TPSA) is 66.9 Å². The van der Waals surface area contributed by atoms with Crippen molar-refractivity contribution in [3.63, 3.8) is 0 Å². The minimum Gasteiger partial charge on any atom is -0.350 e. The van der Waals surface area contributed by atoms with Gasteiger partial charge in [-0.3, -0.25) is 14.8 Å². The van der Waals surface area contributed by atoms with Crippen LogP contribution in [0.2, 0.25) is 0 Å². The number of nitrogens with zero attached hydrogens (tertiary/aromatic N) is 2. The van der Waals surface area contributed by atoms with E-state index >= 15 is 0 Å². The summed E-state index contributed by atoms with van der Waals surface area (Å²) in [4.78, 5) is 20.0. The van der Waals surface area contributed by atoms with E-state index in [1.165, 1.54) is 0 Å². The van der Waals surface area contributed by atoms with Gasteiger partial charge in [-0.25, -0.2) is 0 Å². The highest BCUT2D eigenvalue weighted by atomic mass is 16.2. The normalized spacial score (nSPS) is 11.3. The largest absolute Gasteiger partial charge is 0.350 e. The van der Waals surface area contributed by atoms with Crippen LogP contribution in [0.3, 0.4) is 0 Å². The van der Waals surface area contributed by atoms with Crippen LogP contribution in [0.1, 0.15) is 38.6 Å². The number of carbonyl (C=O) groups excluding carboxylic acids is 1. The summed E-state index contributed by atoms with van der Waals surface area (Å²) in [7, 11) is 0. The Hall–Kier alpha value is -1.49. The number of aryl methyl sites for hydroxylation is 1. The van der Waals surface area contributed by atoms with Crippen molar-refractivity contribution in [1.29, 1.82) is 0 Å². The van der Waals surface area contributed by atoms with Gasteiger partial charge in [-0.1, -0.05) is 6.92 Å². The number of carbonyl (C=O) groups is 1. The van der Waals surface area contributed by atoms with Crippen LogP contribution in [0.5, 0.6) is 0 Å². The van der Waals surface area contributed by atoms with Gasteiger partial charge in [0.2, 0.25) is 5.91 Å². The van der Waals surface area contributed by atoms with Crippen molar-refractivity contribution in [2.45, 2.75) is 46.2 Å². The molecule has 0 saturated carbocycles. The first-order valence-corrected chi connectivity index (χ1v) is 6.22. The number of hydrogen-bond donors (Lipinski definition) is 2. The maximum Gasteiger partial charge on any atom is 0.234 e. The Morgan fingerprint density at radius 3 is 2.61 bits per heavy atom. The smallest absolute Gasteiger partial charge is 0.234 e. The van der Waals surface area contributed by atoms with Crippen LogP contribution >= 0.6 is 0 Å². The molecule has 1 heterocycles. The van der Waals surface area contributed by atoms with Crippen LogP contribution in [0, 0.1) is 6.92 Å². The van der Waals surface area contributed by atoms with Gasteiger partial charge in [0.05, 0.1) is 17.9 Å². The molecule has 0 radical (unpaired) electrons. The summed E-state index contributed by atoms with van der Waals surface area (Å²) in [6, 6.07) is 0. The second kappa shape index (κ2) is 6.44. The Balaban J connectivity index is 2.29. The number of hydrogen-bond acceptors (Lipinski definition) is 4. The lowest BCUT2D eigenvalue weighted by molar-refractivity contribution is -0.121. The maximum absolute atomic E-state index is 11.7. The molecular formula is C13H22N4O. The molecule has 1 rings (SSSR count). The minimum atomic E-state index is -0.150. The van der Waals surface area contributed by atoms with E-state index in [2.05, 4.69) is 27.5 Å². The van der Waals surface area contributed by atoms with E-state index in [0.29, 0.717) is 13.1 Å². The Morgan fingerprint density at radius 2 is 2.06 bits per heavy atom. The molecule has 0 atom stereocenters. The summed E-state index contributed by atoms with van der Waals surface area (Å²) >= 11 is 0. The van der Waals surface area contributed by atoms with E-state index in [4.69, 9.17) is 0 Å². The summed E-state index contributed by atoms with van der Waals surface area (Å²) < 4.78 is 0. The van der Waals surface area contributed by atoms with Crippen LogP contribution in [0.4, 0.5) is 0 Å². The van der Waals surface area contributed by atoms with Crippen molar-refractivity contribution in [3.8, 4) is 0 Å². The number of nitrogens with one attached hydrogen (secondary N) is 2. The molecule has 0 fully saturated rings. The van der Waals surface area contributed by atoms with E-state index < -0.39 is 0 Å². The van der Waals surface area contributed by atoms with Crippen LogP contribution in [0.15, 0.2) is 12.4 Å². The molecule has 0 aliphatic heterocycles. The first-order chi connectivity index (χ1) is 8.43. The average molecular weight is 250 g/mol. The standard InChI is InChI=1S/C13H22N4O/c1-5-13(3,4)17-12(18)9-14-7-11-8-15-10(2)6-16-11/h6,8,14H,5,7,9H2,1-4H3,(H,17,18). The number of amides is 1. The molecule has 100 valence electrons. The molecule has 1 aromatic rings. The molecule has 1 aromatic heterocycles. The van der Waals surface area contributed by atoms with Gasteiger partial charge in [-0.15, -0.1) is 0 Å². The first kappa shape index (κ1) is 14.6. The Labute approximate surface area is 108 Å². The fraction of sp³-hybridized carbons (Fsp3) is 0.615. The highest BCUT2D eigenvalue weighted by molar-refractivity contribution is 5.78. The van der Waals surface area contributed by atoms with Gasteiger partial charge >= 0.3 is 0 Å². The van der Waals surface area contributed by atoms with Gasteiger partial charge in [-0.05, 0) is 27.2 Å². The molecule has 0 bridgehead atoms. The quantitative estimate of drug-likeness (QED) is 0.795. The van der Waals surface area contributed by atoms with Crippen molar-refractivity contribution in [3.05, 3.63) is 23.8 Å². The fourth-order valence-electron chi connectivity index (χ4n) is 1.32. The molecule has 2 N–H and O–H groups in total. The Bertz CT molecular complexity index is 386. The second-order valence-electron chi connectivity index (χ2n) is 5.04. The lowest BCUT2D eigenvalue weighted by Crippen LogP contribution is -2.46. The van der Waals surface area contributed by atoms with Gasteiger partial charge in [0.1, 0.15) is 0 Å². The molecule has 0 aromatic carbocycles. The first-order valence-electron chi connectivity index (χ1n) is 6.22. The SMILES string of the molecule is CCC(C)(C)NC(=O)CNCc1cnc(C)cn1. The number of aromatic nitrogens is 2. The van der Waals surface area contributed by atoms with Gasteiger partial charge < -0.3 is 10.6 Å². The summed E-state index contributed by atoms with van der Waals surface area (Å²) in [6.07, 6.45) is 4.34. The van der Waals surface area contributed by atoms with Gasteiger partial charge in [-0.2, -0.15) is 0 Å². The number of rotatable bonds is 6. The van der Waals surface area contributed by atoms with Crippen molar-refractivity contribution < 1.29 is 4.79 Å². The third kappa shape index (κ3) is 5.23. The predicted molar refractivity (Wildman–Crippen MR) is 71.0 cm³/mol. The monoisotopic (exact) mass is 250 g/mol. The Kier molecular flexibility index (Phi) is 5.22. The van der Waals surface area contributed by atoms with Crippen molar-refractivity contribution in [1.82, 2.24) is 20.6 Å².